The number of fused-ring (bicyclic) bond motifs is 2. The molecule has 7 heteroatoms. The second-order valence-electron chi connectivity index (χ2n) is 7.27. The number of nitrogens with one attached hydrogen (secondary N) is 1. The molecule has 142 valence electrons. The quantitative estimate of drug-likeness (QED) is 0.821. The number of pyridine rings is 1. The van der Waals surface area contributed by atoms with Gasteiger partial charge in [0.25, 0.3) is 5.91 Å². The Balaban J connectivity index is 1.71. The fourth-order valence-electron chi connectivity index (χ4n) is 3.91. The summed E-state index contributed by atoms with van der Waals surface area (Å²) in [5, 5.41) is 13.7. The molecule has 0 bridgehead atoms. The van der Waals surface area contributed by atoms with Crippen molar-refractivity contribution in [2.24, 2.45) is 0 Å². The fourth-order valence-corrected chi connectivity index (χ4v) is 4.21. The van der Waals surface area contributed by atoms with Gasteiger partial charge < -0.3 is 20.2 Å². The highest BCUT2D eigenvalue weighted by atomic mass is 35.5. The van der Waals surface area contributed by atoms with Crippen LogP contribution in [0.15, 0.2) is 30.5 Å². The Labute approximate surface area is 163 Å². The van der Waals surface area contributed by atoms with Crippen molar-refractivity contribution in [1.82, 2.24) is 4.98 Å². The first-order chi connectivity index (χ1) is 13.0. The van der Waals surface area contributed by atoms with Crippen molar-refractivity contribution >= 4 is 40.4 Å². The van der Waals surface area contributed by atoms with Gasteiger partial charge in [0, 0.05) is 26.2 Å². The molecule has 6 nitrogen and oxygen atoms in total. The zero-order valence-electron chi connectivity index (χ0n) is 15.4. The van der Waals surface area contributed by atoms with E-state index in [1.807, 2.05) is 18.0 Å². The topological polar surface area (TPSA) is 68.7 Å². The Hall–Kier alpha value is -2.31. The van der Waals surface area contributed by atoms with Crippen molar-refractivity contribution in [3.8, 4) is 0 Å². The van der Waals surface area contributed by atoms with Gasteiger partial charge in [-0.3, -0.25) is 4.79 Å². The summed E-state index contributed by atoms with van der Waals surface area (Å²) < 4.78 is 0. The van der Waals surface area contributed by atoms with Gasteiger partial charge in [0.1, 0.15) is 5.82 Å². The number of rotatable bonds is 2. The molecule has 0 spiro atoms. The van der Waals surface area contributed by atoms with E-state index in [0.29, 0.717) is 22.3 Å². The van der Waals surface area contributed by atoms with Crippen molar-refractivity contribution in [2.75, 3.05) is 29.2 Å². The Bertz CT molecular complexity index is 880. The van der Waals surface area contributed by atoms with Crippen molar-refractivity contribution in [1.29, 1.82) is 0 Å². The molecule has 0 saturated heterocycles. The van der Waals surface area contributed by atoms with E-state index < -0.39 is 0 Å². The molecular formula is C20H23ClN4O2. The molecule has 2 aliphatic rings. The lowest BCUT2D eigenvalue weighted by molar-refractivity contribution is 0.0994. The van der Waals surface area contributed by atoms with Crippen molar-refractivity contribution < 1.29 is 9.90 Å². The first kappa shape index (κ1) is 18.1. The van der Waals surface area contributed by atoms with Crippen molar-refractivity contribution in [2.45, 2.75) is 37.8 Å². The van der Waals surface area contributed by atoms with Crippen LogP contribution in [0.5, 0.6) is 0 Å². The summed E-state index contributed by atoms with van der Waals surface area (Å²) in [7, 11) is 3.67. The summed E-state index contributed by atoms with van der Waals surface area (Å²) in [4.78, 5) is 21.0. The fraction of sp³-hybridized carbons (Fsp3) is 0.400. The van der Waals surface area contributed by atoms with E-state index in [1.54, 1.807) is 36.3 Å². The summed E-state index contributed by atoms with van der Waals surface area (Å²) in [6, 6.07) is 7.64. The maximum Gasteiger partial charge on any atom is 0.260 e. The van der Waals surface area contributed by atoms with Crippen LogP contribution in [0, 0.1) is 0 Å². The van der Waals surface area contributed by atoms with Crippen LogP contribution in [0.2, 0.25) is 5.02 Å². The maximum atomic E-state index is 12.9. The van der Waals surface area contributed by atoms with Gasteiger partial charge in [0.2, 0.25) is 0 Å². The van der Waals surface area contributed by atoms with Crippen LogP contribution in [-0.2, 0) is 0 Å². The minimum absolute atomic E-state index is 0.109. The molecule has 2 N–H and O–H groups in total. The number of carbonyl (C=O) groups excluding carboxylic acids is 1. The lowest BCUT2D eigenvalue weighted by Gasteiger charge is -2.28. The number of hydrogen-bond donors (Lipinski definition) is 2. The number of para-hydroxylation sites is 1. The minimum Gasteiger partial charge on any atom is -0.393 e. The van der Waals surface area contributed by atoms with E-state index in [9.17, 15) is 9.90 Å². The van der Waals surface area contributed by atoms with Gasteiger partial charge in [0.05, 0.1) is 39.9 Å². The number of nitrogens with zero attached hydrogens (tertiary/aromatic N) is 3. The molecule has 4 rings (SSSR count). The SMILES string of the molecule is CN1C(=O)c2cccc(Cl)c2N(C)c2cc(N[C@H]3CC[C@H](O)CC3)ncc21. The molecule has 1 aromatic heterocycles. The Kier molecular flexibility index (Phi) is 4.70. The van der Waals surface area contributed by atoms with Crippen molar-refractivity contribution in [3.05, 3.63) is 41.0 Å². The summed E-state index contributed by atoms with van der Waals surface area (Å²) >= 11 is 6.43. The molecular weight excluding hydrogens is 364 g/mol. The lowest BCUT2D eigenvalue weighted by Crippen LogP contribution is -2.29. The summed E-state index contributed by atoms with van der Waals surface area (Å²) in [6.45, 7) is 0. The number of carbonyl (C=O) groups is 1. The van der Waals surface area contributed by atoms with Crippen molar-refractivity contribution in [3.63, 3.8) is 0 Å². The number of amides is 1. The number of benzene rings is 1. The predicted octanol–water partition coefficient (Wildman–Crippen LogP) is 3.81. The normalized spacial score (nSPS) is 22.1. The predicted molar refractivity (Wildman–Crippen MR) is 108 cm³/mol. The molecule has 1 amide bonds. The third kappa shape index (κ3) is 3.24. The first-order valence-electron chi connectivity index (χ1n) is 9.20. The number of halogens is 1. The molecule has 2 aromatic rings. The molecule has 0 unspecified atom stereocenters. The molecule has 1 saturated carbocycles. The molecule has 0 atom stereocenters. The Morgan fingerprint density at radius 2 is 1.89 bits per heavy atom. The molecule has 27 heavy (non-hydrogen) atoms. The summed E-state index contributed by atoms with van der Waals surface area (Å²) in [5.74, 6) is 0.653. The zero-order valence-corrected chi connectivity index (χ0v) is 16.2. The van der Waals surface area contributed by atoms with E-state index in [2.05, 4.69) is 10.3 Å². The van der Waals surface area contributed by atoms with E-state index >= 15 is 0 Å². The van der Waals surface area contributed by atoms with Crippen LogP contribution in [0.1, 0.15) is 36.0 Å². The van der Waals surface area contributed by atoms with Gasteiger partial charge in [-0.2, -0.15) is 0 Å². The number of anilines is 4. The van der Waals surface area contributed by atoms with Gasteiger partial charge >= 0.3 is 0 Å². The maximum absolute atomic E-state index is 12.9. The molecule has 2 heterocycles. The van der Waals surface area contributed by atoms with Crippen LogP contribution >= 0.6 is 11.6 Å². The van der Waals surface area contributed by atoms with Crippen LogP contribution in [0.25, 0.3) is 0 Å². The highest BCUT2D eigenvalue weighted by Crippen LogP contribution is 2.43. The summed E-state index contributed by atoms with van der Waals surface area (Å²) in [5.41, 5.74) is 2.87. The second kappa shape index (κ2) is 7.02. The van der Waals surface area contributed by atoms with Crippen LogP contribution in [-0.4, -0.2) is 42.2 Å². The standard InChI is InChI=1S/C20H23ClN4O2/c1-24-16-10-18(23-12-6-8-13(26)9-7-12)22-11-17(16)25(2)20(27)14-4-3-5-15(21)19(14)24/h3-5,10-13,26H,6-9H2,1-2H3,(H,22,23)/t12-,13-. The van der Waals surface area contributed by atoms with E-state index in [4.69, 9.17) is 11.6 Å². The third-order valence-corrected chi connectivity index (χ3v) is 5.80. The number of aliphatic hydroxyl groups excluding tert-OH is 1. The van der Waals surface area contributed by atoms with Crippen LogP contribution < -0.4 is 15.1 Å². The largest absolute Gasteiger partial charge is 0.393 e. The average molecular weight is 387 g/mol. The van der Waals surface area contributed by atoms with Crippen LogP contribution in [0.4, 0.5) is 22.9 Å². The molecule has 1 aliphatic heterocycles. The van der Waals surface area contributed by atoms with Gasteiger partial charge in [-0.25, -0.2) is 4.98 Å². The van der Waals surface area contributed by atoms with E-state index in [1.165, 1.54) is 0 Å². The highest BCUT2D eigenvalue weighted by Gasteiger charge is 2.29. The monoisotopic (exact) mass is 386 g/mol. The Morgan fingerprint density at radius 3 is 2.63 bits per heavy atom. The smallest absolute Gasteiger partial charge is 0.260 e. The van der Waals surface area contributed by atoms with Crippen LogP contribution in [0.3, 0.4) is 0 Å². The molecule has 0 radical (unpaired) electrons. The average Bonchev–Trinajstić information content (AvgIpc) is 2.74. The number of aliphatic hydroxyl groups is 1. The molecule has 1 fully saturated rings. The van der Waals surface area contributed by atoms with Gasteiger partial charge in [0.15, 0.2) is 0 Å². The summed E-state index contributed by atoms with van der Waals surface area (Å²) in [6.07, 6.45) is 4.99. The minimum atomic E-state index is -0.188. The van der Waals surface area contributed by atoms with Gasteiger partial charge in [-0.1, -0.05) is 17.7 Å². The first-order valence-corrected chi connectivity index (χ1v) is 9.58. The van der Waals surface area contributed by atoms with Gasteiger partial charge in [-0.15, -0.1) is 0 Å². The number of hydrogen-bond acceptors (Lipinski definition) is 5. The number of aromatic nitrogens is 1. The van der Waals surface area contributed by atoms with Gasteiger partial charge in [-0.05, 0) is 37.8 Å². The third-order valence-electron chi connectivity index (χ3n) is 5.49. The highest BCUT2D eigenvalue weighted by molar-refractivity contribution is 6.35. The Morgan fingerprint density at radius 1 is 1.15 bits per heavy atom. The van der Waals surface area contributed by atoms with E-state index in [-0.39, 0.29) is 12.0 Å². The van der Waals surface area contributed by atoms with E-state index in [0.717, 1.165) is 42.9 Å². The molecule has 1 aliphatic carbocycles. The second-order valence-corrected chi connectivity index (χ2v) is 7.67. The zero-order chi connectivity index (χ0) is 19.1. The molecule has 1 aromatic carbocycles. The lowest BCUT2D eigenvalue weighted by atomic mass is 9.93.